The smallest absolute Gasteiger partial charge is 0.0534 e. The Kier molecular flexibility index (Phi) is 5.36. The van der Waals surface area contributed by atoms with Crippen LogP contribution in [-0.2, 0) is 13.0 Å². The number of hydrogen-bond donors (Lipinski definition) is 1. The molecule has 1 aromatic carbocycles. The highest BCUT2D eigenvalue weighted by Crippen LogP contribution is 2.08. The molecule has 2 aromatic rings. The average Bonchev–Trinajstić information content (AvgIpc) is 2.82. The molecule has 108 valence electrons. The summed E-state index contributed by atoms with van der Waals surface area (Å²) in [6.45, 7) is 8.38. The number of nitrogens with one attached hydrogen (secondary N) is 1. The summed E-state index contributed by atoms with van der Waals surface area (Å²) in [7, 11) is 0. The molecule has 0 bridgehead atoms. The molecule has 2 rings (SSSR count). The largest absolute Gasteiger partial charge is 0.312 e. The van der Waals surface area contributed by atoms with E-state index < -0.39 is 0 Å². The first-order valence-corrected chi connectivity index (χ1v) is 7.41. The molecule has 3 nitrogen and oxygen atoms in total. The molecule has 1 heterocycles. The van der Waals surface area contributed by atoms with Crippen molar-refractivity contribution >= 4 is 0 Å². The number of aromatic nitrogens is 2. The van der Waals surface area contributed by atoms with Crippen molar-refractivity contribution in [2.45, 2.75) is 46.2 Å². The average molecular weight is 271 g/mol. The van der Waals surface area contributed by atoms with Crippen LogP contribution < -0.4 is 5.32 Å². The minimum Gasteiger partial charge on any atom is -0.312 e. The van der Waals surface area contributed by atoms with Crippen molar-refractivity contribution in [2.75, 3.05) is 6.54 Å². The second-order valence-corrected chi connectivity index (χ2v) is 5.66. The Hall–Kier alpha value is -1.61. The van der Waals surface area contributed by atoms with Crippen LogP contribution in [0.15, 0.2) is 36.7 Å². The molecule has 0 amide bonds. The van der Waals surface area contributed by atoms with E-state index in [0.29, 0.717) is 6.04 Å². The number of rotatable bonds is 7. The molecule has 1 aromatic heterocycles. The van der Waals surface area contributed by atoms with Crippen LogP contribution in [0.5, 0.6) is 0 Å². The lowest BCUT2D eigenvalue weighted by atomic mass is 10.0. The lowest BCUT2D eigenvalue weighted by molar-refractivity contribution is 0.475. The minimum atomic E-state index is 0.534. The molecule has 1 atom stereocenters. The Bertz CT molecular complexity index is 531. The van der Waals surface area contributed by atoms with Gasteiger partial charge in [0.25, 0.3) is 0 Å². The summed E-state index contributed by atoms with van der Waals surface area (Å²) in [5, 5.41) is 7.86. The van der Waals surface area contributed by atoms with E-state index in [0.717, 1.165) is 19.5 Å². The highest BCUT2D eigenvalue weighted by Gasteiger charge is 2.02. The number of nitrogens with zero attached hydrogens (tertiary/aromatic N) is 2. The Morgan fingerprint density at radius 2 is 2.10 bits per heavy atom. The molecule has 0 fully saturated rings. The number of aryl methyl sites for hydroxylation is 3. The van der Waals surface area contributed by atoms with Crippen molar-refractivity contribution in [1.29, 1.82) is 0 Å². The van der Waals surface area contributed by atoms with E-state index in [1.54, 1.807) is 0 Å². The molecule has 0 aliphatic heterocycles. The normalized spacial score (nSPS) is 12.6. The van der Waals surface area contributed by atoms with Crippen LogP contribution in [0.3, 0.4) is 0 Å². The Morgan fingerprint density at radius 3 is 2.80 bits per heavy atom. The van der Waals surface area contributed by atoms with Gasteiger partial charge in [-0.2, -0.15) is 5.10 Å². The van der Waals surface area contributed by atoms with Gasteiger partial charge in [0.1, 0.15) is 0 Å². The Morgan fingerprint density at radius 1 is 1.25 bits per heavy atom. The summed E-state index contributed by atoms with van der Waals surface area (Å²) in [6, 6.07) is 9.32. The maximum atomic E-state index is 4.29. The predicted molar refractivity (Wildman–Crippen MR) is 83.9 cm³/mol. The molecule has 0 saturated heterocycles. The standard InChI is InChI=1S/C17H25N3/c1-14-5-4-6-17(11-14)8-7-16(3)18-9-10-20-13-15(2)12-19-20/h4-6,11-13,16,18H,7-10H2,1-3H3. The molecular formula is C17H25N3. The Labute approximate surface area is 122 Å². The summed E-state index contributed by atoms with van der Waals surface area (Å²) in [6.07, 6.45) is 6.29. The van der Waals surface area contributed by atoms with Crippen molar-refractivity contribution in [3.8, 4) is 0 Å². The van der Waals surface area contributed by atoms with Crippen molar-refractivity contribution in [2.24, 2.45) is 0 Å². The molecule has 0 spiro atoms. The monoisotopic (exact) mass is 271 g/mol. The van der Waals surface area contributed by atoms with Crippen LogP contribution in [0, 0.1) is 13.8 Å². The van der Waals surface area contributed by atoms with Crippen LogP contribution in [-0.4, -0.2) is 22.4 Å². The van der Waals surface area contributed by atoms with Gasteiger partial charge in [-0.25, -0.2) is 0 Å². The van der Waals surface area contributed by atoms with E-state index in [-0.39, 0.29) is 0 Å². The predicted octanol–water partition coefficient (Wildman–Crippen LogP) is 3.11. The maximum absolute atomic E-state index is 4.29. The molecule has 0 saturated carbocycles. The first-order valence-electron chi connectivity index (χ1n) is 7.41. The molecule has 0 radical (unpaired) electrons. The van der Waals surface area contributed by atoms with E-state index >= 15 is 0 Å². The van der Waals surface area contributed by atoms with Crippen LogP contribution in [0.2, 0.25) is 0 Å². The van der Waals surface area contributed by atoms with Gasteiger partial charge in [-0.15, -0.1) is 0 Å². The fourth-order valence-electron chi connectivity index (χ4n) is 2.37. The molecule has 0 aliphatic rings. The van der Waals surface area contributed by atoms with E-state index in [9.17, 15) is 0 Å². The van der Waals surface area contributed by atoms with Crippen LogP contribution in [0.1, 0.15) is 30.0 Å². The number of hydrogen-bond acceptors (Lipinski definition) is 2. The molecule has 3 heteroatoms. The van der Waals surface area contributed by atoms with Gasteiger partial charge in [-0.1, -0.05) is 29.8 Å². The second-order valence-electron chi connectivity index (χ2n) is 5.66. The third-order valence-electron chi connectivity index (χ3n) is 3.54. The van der Waals surface area contributed by atoms with Gasteiger partial charge in [0.2, 0.25) is 0 Å². The summed E-state index contributed by atoms with van der Waals surface area (Å²) < 4.78 is 2.00. The first-order chi connectivity index (χ1) is 9.63. The number of benzene rings is 1. The zero-order valence-corrected chi connectivity index (χ0v) is 12.8. The van der Waals surface area contributed by atoms with Crippen molar-refractivity contribution in [1.82, 2.24) is 15.1 Å². The summed E-state index contributed by atoms with van der Waals surface area (Å²) in [5.74, 6) is 0. The van der Waals surface area contributed by atoms with Crippen LogP contribution in [0.4, 0.5) is 0 Å². The fourth-order valence-corrected chi connectivity index (χ4v) is 2.37. The summed E-state index contributed by atoms with van der Waals surface area (Å²) >= 11 is 0. The van der Waals surface area contributed by atoms with Crippen molar-refractivity contribution in [3.63, 3.8) is 0 Å². The summed E-state index contributed by atoms with van der Waals surface area (Å²) in [4.78, 5) is 0. The Balaban J connectivity index is 1.66. The lowest BCUT2D eigenvalue weighted by Gasteiger charge is -2.14. The molecule has 1 unspecified atom stereocenters. The molecular weight excluding hydrogens is 246 g/mol. The lowest BCUT2D eigenvalue weighted by Crippen LogP contribution is -2.29. The van der Waals surface area contributed by atoms with Gasteiger partial charge in [0.15, 0.2) is 0 Å². The topological polar surface area (TPSA) is 29.9 Å². The molecule has 0 aliphatic carbocycles. The van der Waals surface area contributed by atoms with E-state index in [4.69, 9.17) is 0 Å². The minimum absolute atomic E-state index is 0.534. The van der Waals surface area contributed by atoms with Crippen LogP contribution in [0.25, 0.3) is 0 Å². The van der Waals surface area contributed by atoms with E-state index in [2.05, 4.69) is 61.6 Å². The van der Waals surface area contributed by atoms with Gasteiger partial charge < -0.3 is 5.32 Å². The summed E-state index contributed by atoms with van der Waals surface area (Å²) in [5.41, 5.74) is 4.00. The van der Waals surface area contributed by atoms with E-state index in [1.165, 1.54) is 23.1 Å². The van der Waals surface area contributed by atoms with Gasteiger partial charge in [0.05, 0.1) is 12.7 Å². The zero-order valence-electron chi connectivity index (χ0n) is 12.8. The van der Waals surface area contributed by atoms with Gasteiger partial charge in [0, 0.05) is 18.8 Å². The molecule has 1 N–H and O–H groups in total. The van der Waals surface area contributed by atoms with E-state index in [1.807, 2.05) is 10.9 Å². The van der Waals surface area contributed by atoms with Crippen molar-refractivity contribution in [3.05, 3.63) is 53.3 Å². The SMILES string of the molecule is Cc1cccc(CCC(C)NCCn2cc(C)cn2)c1. The molecule has 20 heavy (non-hydrogen) atoms. The zero-order chi connectivity index (χ0) is 14.4. The maximum Gasteiger partial charge on any atom is 0.0534 e. The third-order valence-corrected chi connectivity index (χ3v) is 3.54. The second kappa shape index (κ2) is 7.25. The van der Waals surface area contributed by atoms with Crippen molar-refractivity contribution < 1.29 is 0 Å². The third kappa shape index (κ3) is 4.82. The quantitative estimate of drug-likeness (QED) is 0.838. The van der Waals surface area contributed by atoms with Gasteiger partial charge >= 0.3 is 0 Å². The van der Waals surface area contributed by atoms with Gasteiger partial charge in [-0.05, 0) is 44.7 Å². The van der Waals surface area contributed by atoms with Crippen LogP contribution >= 0.6 is 0 Å². The highest BCUT2D eigenvalue weighted by atomic mass is 15.3. The van der Waals surface area contributed by atoms with Gasteiger partial charge in [-0.3, -0.25) is 4.68 Å². The fraction of sp³-hybridized carbons (Fsp3) is 0.471. The highest BCUT2D eigenvalue weighted by molar-refractivity contribution is 5.22. The first kappa shape index (κ1) is 14.8.